The molecule has 2 aromatic rings. The van der Waals surface area contributed by atoms with Crippen LogP contribution < -0.4 is 5.32 Å². The summed E-state index contributed by atoms with van der Waals surface area (Å²) in [5.41, 5.74) is 0. The highest BCUT2D eigenvalue weighted by molar-refractivity contribution is 7.09. The van der Waals surface area contributed by atoms with Crippen molar-refractivity contribution in [1.82, 2.24) is 25.0 Å². The highest BCUT2D eigenvalue weighted by Gasteiger charge is 2.26. The average Bonchev–Trinajstić information content (AvgIpc) is 3.24. The first-order valence-corrected chi connectivity index (χ1v) is 9.10. The van der Waals surface area contributed by atoms with Crippen molar-refractivity contribution in [1.29, 1.82) is 0 Å². The van der Waals surface area contributed by atoms with Crippen LogP contribution in [0.5, 0.6) is 0 Å². The maximum absolute atomic E-state index is 12.8. The number of hydrogen-bond donors (Lipinski definition) is 1. The van der Waals surface area contributed by atoms with Crippen LogP contribution in [0.2, 0.25) is 0 Å². The third-order valence-electron chi connectivity index (χ3n) is 4.25. The number of rotatable bonds is 7. The van der Waals surface area contributed by atoms with E-state index in [1.807, 2.05) is 28.0 Å². The average molecular weight is 345 g/mol. The van der Waals surface area contributed by atoms with E-state index in [0.29, 0.717) is 13.1 Å². The van der Waals surface area contributed by atoms with Gasteiger partial charge >= 0.3 is 0 Å². The van der Waals surface area contributed by atoms with E-state index in [1.165, 1.54) is 4.88 Å². The maximum atomic E-state index is 12.8. The molecule has 3 heterocycles. The molecule has 1 N–H and O–H groups in total. The van der Waals surface area contributed by atoms with Crippen molar-refractivity contribution in [3.8, 4) is 0 Å². The Balaban J connectivity index is 1.59. The fourth-order valence-corrected chi connectivity index (χ4v) is 3.77. The van der Waals surface area contributed by atoms with Crippen molar-refractivity contribution in [2.75, 3.05) is 6.54 Å². The Morgan fingerprint density at radius 2 is 2.54 bits per heavy atom. The van der Waals surface area contributed by atoms with E-state index in [2.05, 4.69) is 28.0 Å². The van der Waals surface area contributed by atoms with Crippen molar-refractivity contribution in [3.05, 3.63) is 47.2 Å². The van der Waals surface area contributed by atoms with Gasteiger partial charge in [0.1, 0.15) is 12.2 Å². The Hall–Kier alpha value is -1.99. The molecule has 1 aliphatic heterocycles. The van der Waals surface area contributed by atoms with Gasteiger partial charge < -0.3 is 10.2 Å². The van der Waals surface area contributed by atoms with Gasteiger partial charge in [-0.15, -0.1) is 17.9 Å². The second-order valence-electron chi connectivity index (χ2n) is 6.07. The molecular formula is C17H23N5OS. The number of nitrogens with zero attached hydrogens (tertiary/aromatic N) is 4. The van der Waals surface area contributed by atoms with Crippen LogP contribution in [0.3, 0.4) is 0 Å². The molecule has 0 saturated heterocycles. The molecule has 0 bridgehead atoms. The monoisotopic (exact) mass is 345 g/mol. The molecule has 0 fully saturated rings. The van der Waals surface area contributed by atoms with Crippen LogP contribution in [0.25, 0.3) is 0 Å². The first-order valence-electron chi connectivity index (χ1n) is 8.22. The van der Waals surface area contributed by atoms with Crippen LogP contribution >= 0.6 is 11.3 Å². The first kappa shape index (κ1) is 16.9. The first-order chi connectivity index (χ1) is 11.7. The van der Waals surface area contributed by atoms with E-state index in [9.17, 15) is 4.79 Å². The number of hydrogen-bond acceptors (Lipinski definition) is 5. The van der Waals surface area contributed by atoms with Gasteiger partial charge in [0, 0.05) is 23.9 Å². The van der Waals surface area contributed by atoms with Gasteiger partial charge in [-0.1, -0.05) is 12.1 Å². The molecule has 2 atom stereocenters. The van der Waals surface area contributed by atoms with Gasteiger partial charge in [0.05, 0.1) is 19.1 Å². The fraction of sp³-hybridized carbons (Fsp3) is 0.471. The van der Waals surface area contributed by atoms with Crippen LogP contribution in [0.4, 0.5) is 0 Å². The van der Waals surface area contributed by atoms with E-state index in [1.54, 1.807) is 23.7 Å². The second kappa shape index (κ2) is 7.72. The molecule has 0 saturated carbocycles. The fourth-order valence-electron chi connectivity index (χ4n) is 3.05. The molecular weight excluding hydrogens is 322 g/mol. The van der Waals surface area contributed by atoms with Crippen molar-refractivity contribution in [2.45, 2.75) is 44.9 Å². The smallest absolute Gasteiger partial charge is 0.240 e. The minimum Gasteiger partial charge on any atom is -0.333 e. The Morgan fingerprint density at radius 1 is 1.67 bits per heavy atom. The van der Waals surface area contributed by atoms with E-state index in [-0.39, 0.29) is 18.0 Å². The molecule has 2 aromatic heterocycles. The largest absolute Gasteiger partial charge is 0.333 e. The zero-order chi connectivity index (χ0) is 16.9. The molecule has 0 aliphatic carbocycles. The number of amides is 1. The zero-order valence-electron chi connectivity index (χ0n) is 13.9. The molecule has 0 aromatic carbocycles. The molecule has 0 unspecified atom stereocenters. The molecule has 6 nitrogen and oxygen atoms in total. The van der Waals surface area contributed by atoms with Gasteiger partial charge in [0.2, 0.25) is 5.91 Å². The summed E-state index contributed by atoms with van der Waals surface area (Å²) in [6.45, 7) is 7.66. The summed E-state index contributed by atoms with van der Waals surface area (Å²) in [6.07, 6.45) is 5.24. The summed E-state index contributed by atoms with van der Waals surface area (Å²) in [6, 6.07) is 4.07. The van der Waals surface area contributed by atoms with Gasteiger partial charge in [0.25, 0.3) is 0 Å². The number of fused-ring (bicyclic) bond motifs is 1. The molecule has 1 aliphatic rings. The Bertz CT molecular complexity index is 681. The minimum atomic E-state index is -0.236. The third-order valence-corrected chi connectivity index (χ3v) is 5.11. The lowest BCUT2D eigenvalue weighted by Crippen LogP contribution is -2.50. The molecule has 24 heavy (non-hydrogen) atoms. The van der Waals surface area contributed by atoms with Crippen molar-refractivity contribution >= 4 is 17.2 Å². The van der Waals surface area contributed by atoms with Gasteiger partial charge in [0.15, 0.2) is 0 Å². The summed E-state index contributed by atoms with van der Waals surface area (Å²) in [5.74, 6) is 1.13. The molecule has 1 amide bonds. The van der Waals surface area contributed by atoms with E-state index >= 15 is 0 Å². The molecule has 0 radical (unpaired) electrons. The highest BCUT2D eigenvalue weighted by atomic mass is 32.1. The van der Waals surface area contributed by atoms with Crippen LogP contribution in [-0.2, 0) is 24.3 Å². The Kier molecular flexibility index (Phi) is 5.42. The topological polar surface area (TPSA) is 63.1 Å². The molecule has 128 valence electrons. The standard InChI is InChI=1S/C17H23N5OS/c1-3-8-21(11-15-5-4-9-24-15)17(23)13(2)20-14-6-7-16-18-12-19-22(16)10-14/h3-5,9,12-14,20H,1,6-8,10-11H2,2H3/t13-,14+/m0/s1. The van der Waals surface area contributed by atoms with Crippen LogP contribution in [-0.4, -0.2) is 44.2 Å². The quantitative estimate of drug-likeness (QED) is 0.778. The van der Waals surface area contributed by atoms with Crippen LogP contribution in [0.15, 0.2) is 36.5 Å². The van der Waals surface area contributed by atoms with Crippen molar-refractivity contribution < 1.29 is 4.79 Å². The van der Waals surface area contributed by atoms with Gasteiger partial charge in [-0.3, -0.25) is 4.79 Å². The predicted molar refractivity (Wildman–Crippen MR) is 94.7 cm³/mol. The Morgan fingerprint density at radius 3 is 3.29 bits per heavy atom. The molecule has 0 spiro atoms. The van der Waals surface area contributed by atoms with E-state index in [4.69, 9.17) is 0 Å². The highest BCUT2D eigenvalue weighted by Crippen LogP contribution is 2.15. The van der Waals surface area contributed by atoms with E-state index < -0.39 is 0 Å². The summed E-state index contributed by atoms with van der Waals surface area (Å²) in [5, 5.41) is 9.72. The number of carbonyl (C=O) groups is 1. The summed E-state index contributed by atoms with van der Waals surface area (Å²) in [4.78, 5) is 20.1. The number of carbonyl (C=O) groups excluding carboxylic acids is 1. The van der Waals surface area contributed by atoms with Crippen molar-refractivity contribution in [3.63, 3.8) is 0 Å². The second-order valence-corrected chi connectivity index (χ2v) is 7.10. The summed E-state index contributed by atoms with van der Waals surface area (Å²) < 4.78 is 1.92. The minimum absolute atomic E-state index is 0.104. The lowest BCUT2D eigenvalue weighted by Gasteiger charge is -2.29. The lowest BCUT2D eigenvalue weighted by molar-refractivity contribution is -0.133. The van der Waals surface area contributed by atoms with Gasteiger partial charge in [-0.05, 0) is 24.8 Å². The maximum Gasteiger partial charge on any atom is 0.240 e. The van der Waals surface area contributed by atoms with Crippen LogP contribution in [0, 0.1) is 0 Å². The van der Waals surface area contributed by atoms with E-state index in [0.717, 1.165) is 25.2 Å². The third kappa shape index (κ3) is 3.91. The number of aromatic nitrogens is 3. The van der Waals surface area contributed by atoms with Crippen LogP contribution in [0.1, 0.15) is 24.0 Å². The number of aryl methyl sites for hydroxylation is 1. The van der Waals surface area contributed by atoms with Gasteiger partial charge in [-0.2, -0.15) is 5.10 Å². The molecule has 3 rings (SSSR count). The molecule has 7 heteroatoms. The zero-order valence-corrected chi connectivity index (χ0v) is 14.7. The SMILES string of the molecule is C=CCN(Cc1cccs1)C(=O)[C@H](C)N[C@@H]1CCc2ncnn2C1. The number of nitrogens with one attached hydrogen (secondary N) is 1. The lowest BCUT2D eigenvalue weighted by atomic mass is 10.1. The number of thiophene rings is 1. The summed E-state index contributed by atoms with van der Waals surface area (Å²) >= 11 is 1.67. The Labute approximate surface area is 146 Å². The van der Waals surface area contributed by atoms with Gasteiger partial charge in [-0.25, -0.2) is 9.67 Å². The predicted octanol–water partition coefficient (Wildman–Crippen LogP) is 1.85. The summed E-state index contributed by atoms with van der Waals surface area (Å²) in [7, 11) is 0. The normalized spacial score (nSPS) is 18.0. The van der Waals surface area contributed by atoms with Crippen molar-refractivity contribution in [2.24, 2.45) is 0 Å².